The summed E-state index contributed by atoms with van der Waals surface area (Å²) in [6.45, 7) is 5.82. The third kappa shape index (κ3) is 6.17. The lowest BCUT2D eigenvalue weighted by Gasteiger charge is -2.59. The van der Waals surface area contributed by atoms with Crippen molar-refractivity contribution in [2.45, 2.75) is 110 Å². The van der Waals surface area contributed by atoms with E-state index in [9.17, 15) is 19.9 Å². The van der Waals surface area contributed by atoms with E-state index in [1.54, 1.807) is 0 Å². The minimum atomic E-state index is -0.0607. The average molecular weight is 505 g/mol. The van der Waals surface area contributed by atoms with Crippen molar-refractivity contribution in [2.75, 3.05) is 19.7 Å². The van der Waals surface area contributed by atoms with E-state index in [1.165, 1.54) is 44.9 Å². The Balaban J connectivity index is 1.19. The standard InChI is InChI=1S/C30H52N2O4/c1-20(6-13-29(35)31-16-4-3-5-21(19-33)18-32-36)24-9-10-26-25(24)11-12-28-27(26)8-7-22-17-23(34)14-15-30(22,28)2/h20-28,33-34H,3-19H2,1-2H3,(H,31,35)/t20?,21?,22-,23-,24-,25?,26?,27?,28?,30+/m0/s1. The van der Waals surface area contributed by atoms with Crippen molar-refractivity contribution in [3.05, 3.63) is 4.91 Å². The van der Waals surface area contributed by atoms with Gasteiger partial charge in [0.25, 0.3) is 0 Å². The quantitative estimate of drug-likeness (QED) is 0.235. The topological polar surface area (TPSA) is 99.0 Å². The molecule has 36 heavy (non-hydrogen) atoms. The molecule has 6 heteroatoms. The maximum Gasteiger partial charge on any atom is 0.220 e. The first-order valence-electron chi connectivity index (χ1n) is 15.2. The highest BCUT2D eigenvalue weighted by molar-refractivity contribution is 5.75. The Hall–Kier alpha value is -1.01. The van der Waals surface area contributed by atoms with Crippen molar-refractivity contribution in [2.24, 2.45) is 57.9 Å². The van der Waals surface area contributed by atoms with Crippen molar-refractivity contribution in [1.29, 1.82) is 0 Å². The van der Waals surface area contributed by atoms with Crippen LogP contribution in [0.1, 0.15) is 104 Å². The zero-order chi connectivity index (χ0) is 25.7. The fraction of sp³-hybridized carbons (Fsp3) is 0.967. The van der Waals surface area contributed by atoms with Crippen LogP contribution in [0.3, 0.4) is 0 Å². The molecule has 0 heterocycles. The summed E-state index contributed by atoms with van der Waals surface area (Å²) in [5.74, 6) is 5.77. The molecule has 4 saturated carbocycles. The summed E-state index contributed by atoms with van der Waals surface area (Å²) < 4.78 is 0. The lowest BCUT2D eigenvalue weighted by Crippen LogP contribution is -2.52. The van der Waals surface area contributed by atoms with E-state index >= 15 is 0 Å². The summed E-state index contributed by atoms with van der Waals surface area (Å²) in [5.41, 5.74) is 0.458. The number of aliphatic hydroxyl groups is 2. The van der Waals surface area contributed by atoms with Crippen molar-refractivity contribution in [3.63, 3.8) is 0 Å². The van der Waals surface area contributed by atoms with Crippen LogP contribution < -0.4 is 5.32 Å². The molecule has 0 radical (unpaired) electrons. The second-order valence-corrected chi connectivity index (χ2v) is 13.3. The molecule has 6 nitrogen and oxygen atoms in total. The van der Waals surface area contributed by atoms with Crippen molar-refractivity contribution in [1.82, 2.24) is 5.32 Å². The molecule has 4 aliphatic rings. The number of nitrogens with zero attached hydrogens (tertiary/aromatic N) is 1. The predicted molar refractivity (Wildman–Crippen MR) is 143 cm³/mol. The summed E-state index contributed by atoms with van der Waals surface area (Å²) in [7, 11) is 0. The summed E-state index contributed by atoms with van der Waals surface area (Å²) in [5, 5.41) is 25.5. The number of hydrogen-bond acceptors (Lipinski definition) is 5. The Morgan fingerprint density at radius 2 is 1.81 bits per heavy atom. The van der Waals surface area contributed by atoms with E-state index in [0.717, 1.165) is 74.0 Å². The molecule has 6 unspecified atom stereocenters. The Bertz CT molecular complexity index is 732. The molecule has 0 aliphatic heterocycles. The van der Waals surface area contributed by atoms with Gasteiger partial charge in [-0.1, -0.05) is 25.4 Å². The number of nitroso groups, excluding NO2 is 1. The minimum absolute atomic E-state index is 0.00434. The summed E-state index contributed by atoms with van der Waals surface area (Å²) >= 11 is 0. The van der Waals surface area contributed by atoms with Crippen molar-refractivity contribution in [3.8, 4) is 0 Å². The average Bonchev–Trinajstić information content (AvgIpc) is 3.31. The molecule has 4 fully saturated rings. The van der Waals surface area contributed by atoms with Crippen LogP contribution in [0.25, 0.3) is 0 Å². The number of nitrogens with one attached hydrogen (secondary N) is 1. The van der Waals surface area contributed by atoms with E-state index in [1.807, 2.05) is 0 Å². The van der Waals surface area contributed by atoms with Gasteiger partial charge in [0, 0.05) is 25.5 Å². The molecular formula is C30H52N2O4. The van der Waals surface area contributed by atoms with Gasteiger partial charge in [0.2, 0.25) is 5.91 Å². The highest BCUT2D eigenvalue weighted by Gasteiger charge is 2.56. The number of aliphatic hydroxyl groups excluding tert-OH is 2. The van der Waals surface area contributed by atoms with E-state index in [2.05, 4.69) is 24.3 Å². The Morgan fingerprint density at radius 3 is 2.58 bits per heavy atom. The zero-order valence-corrected chi connectivity index (χ0v) is 22.9. The second-order valence-electron chi connectivity index (χ2n) is 13.3. The first-order chi connectivity index (χ1) is 17.4. The van der Waals surface area contributed by atoms with Gasteiger partial charge in [-0.15, -0.1) is 0 Å². The van der Waals surface area contributed by atoms with Crippen LogP contribution in [0.2, 0.25) is 0 Å². The van der Waals surface area contributed by atoms with Gasteiger partial charge in [-0.25, -0.2) is 0 Å². The summed E-state index contributed by atoms with van der Waals surface area (Å²) in [6.07, 6.45) is 15.6. The van der Waals surface area contributed by atoms with Gasteiger partial charge in [0.15, 0.2) is 0 Å². The molecule has 0 aromatic rings. The van der Waals surface area contributed by atoms with Gasteiger partial charge in [-0.3, -0.25) is 4.79 Å². The maximum atomic E-state index is 12.5. The molecule has 0 aromatic heterocycles. The fourth-order valence-electron chi connectivity index (χ4n) is 9.43. The van der Waals surface area contributed by atoms with Gasteiger partial charge >= 0.3 is 0 Å². The molecular weight excluding hydrogens is 452 g/mol. The van der Waals surface area contributed by atoms with Crippen molar-refractivity contribution >= 4 is 5.91 Å². The summed E-state index contributed by atoms with van der Waals surface area (Å²) in [4.78, 5) is 22.8. The van der Waals surface area contributed by atoms with E-state index in [4.69, 9.17) is 0 Å². The lowest BCUT2D eigenvalue weighted by atomic mass is 9.47. The highest BCUT2D eigenvalue weighted by atomic mass is 16.3. The SMILES string of the molecule is CC(CCC(=O)NCCCCC(CO)CN=O)[C@@H]1CCC2C3CC[C@H]4C[C@@H](O)CC[C@@]4(C)C3CCC21. The van der Waals surface area contributed by atoms with Crippen LogP contribution in [0.15, 0.2) is 5.18 Å². The molecule has 0 spiro atoms. The van der Waals surface area contributed by atoms with Gasteiger partial charge in [0.1, 0.15) is 0 Å². The first-order valence-corrected chi connectivity index (χ1v) is 15.2. The third-order valence-corrected chi connectivity index (χ3v) is 11.5. The van der Waals surface area contributed by atoms with Crippen LogP contribution in [0.5, 0.6) is 0 Å². The van der Waals surface area contributed by atoms with Crippen LogP contribution >= 0.6 is 0 Å². The third-order valence-electron chi connectivity index (χ3n) is 11.5. The molecule has 0 bridgehead atoms. The smallest absolute Gasteiger partial charge is 0.220 e. The number of carbonyl (C=O) groups excluding carboxylic acids is 1. The van der Waals surface area contributed by atoms with Crippen LogP contribution in [-0.2, 0) is 4.79 Å². The van der Waals surface area contributed by atoms with Crippen LogP contribution in [0.4, 0.5) is 0 Å². The summed E-state index contributed by atoms with van der Waals surface area (Å²) in [6, 6.07) is 0. The number of carbonyl (C=O) groups is 1. The molecule has 4 rings (SSSR count). The molecule has 206 valence electrons. The monoisotopic (exact) mass is 504 g/mol. The van der Waals surface area contributed by atoms with Crippen molar-refractivity contribution < 1.29 is 15.0 Å². The fourth-order valence-corrected chi connectivity index (χ4v) is 9.43. The molecule has 3 N–H and O–H groups in total. The zero-order valence-electron chi connectivity index (χ0n) is 22.9. The number of amides is 1. The number of fused-ring (bicyclic) bond motifs is 5. The second kappa shape index (κ2) is 12.7. The Labute approximate surface area is 218 Å². The molecule has 1 amide bonds. The Kier molecular flexibility index (Phi) is 9.87. The van der Waals surface area contributed by atoms with Crippen LogP contribution in [-0.4, -0.2) is 41.9 Å². The predicted octanol–water partition coefficient (Wildman–Crippen LogP) is 5.69. The maximum absolute atomic E-state index is 12.5. The van der Waals surface area contributed by atoms with E-state index in [-0.39, 0.29) is 31.1 Å². The van der Waals surface area contributed by atoms with Gasteiger partial charge in [0.05, 0.1) is 12.6 Å². The minimum Gasteiger partial charge on any atom is -0.396 e. The van der Waals surface area contributed by atoms with Gasteiger partial charge in [-0.2, -0.15) is 4.91 Å². The van der Waals surface area contributed by atoms with Gasteiger partial charge < -0.3 is 15.5 Å². The lowest BCUT2D eigenvalue weighted by molar-refractivity contribution is -0.121. The normalized spacial score (nSPS) is 39.4. The number of rotatable bonds is 12. The Morgan fingerprint density at radius 1 is 1.03 bits per heavy atom. The van der Waals surface area contributed by atoms with Crippen LogP contribution in [0, 0.1) is 57.7 Å². The molecule has 0 aromatic carbocycles. The number of hydrogen-bond donors (Lipinski definition) is 3. The molecule has 4 aliphatic carbocycles. The highest BCUT2D eigenvalue weighted by Crippen LogP contribution is 2.64. The number of unbranched alkanes of at least 4 members (excludes halogenated alkanes) is 1. The molecule has 10 atom stereocenters. The first kappa shape index (κ1) is 28.0. The molecule has 0 saturated heterocycles. The largest absolute Gasteiger partial charge is 0.396 e. The van der Waals surface area contributed by atoms with E-state index in [0.29, 0.717) is 24.3 Å². The van der Waals surface area contributed by atoms with Gasteiger partial charge in [-0.05, 0) is 124 Å². The van der Waals surface area contributed by atoms with E-state index < -0.39 is 0 Å².